The second-order valence-corrected chi connectivity index (χ2v) is 6.94. The van der Waals surface area contributed by atoms with Crippen molar-refractivity contribution in [3.05, 3.63) is 39.9 Å². The van der Waals surface area contributed by atoms with Crippen LogP contribution >= 0.6 is 22.9 Å². The van der Waals surface area contributed by atoms with E-state index in [1.54, 1.807) is 29.9 Å². The maximum Gasteiger partial charge on any atom is 0.223 e. The zero-order valence-electron chi connectivity index (χ0n) is 12.1. The van der Waals surface area contributed by atoms with Gasteiger partial charge < -0.3 is 9.80 Å². The quantitative estimate of drug-likeness (QED) is 0.860. The molecule has 0 aliphatic carbocycles. The zero-order chi connectivity index (χ0) is 15.4. The molecule has 0 aromatic carbocycles. The van der Waals surface area contributed by atoms with Crippen LogP contribution in [0.1, 0.15) is 11.3 Å². The van der Waals surface area contributed by atoms with E-state index in [4.69, 9.17) is 11.6 Å². The Bertz CT molecular complexity index is 625. The normalized spacial score (nSPS) is 15.1. The van der Waals surface area contributed by atoms with Crippen LogP contribution in [-0.2, 0) is 11.2 Å². The Morgan fingerprint density at radius 2 is 2.05 bits per heavy atom. The minimum Gasteiger partial charge on any atom is -0.352 e. The highest BCUT2D eigenvalue weighted by Crippen LogP contribution is 2.22. The summed E-state index contributed by atoms with van der Waals surface area (Å²) in [5.74, 6) is 1.09. The van der Waals surface area contributed by atoms with Gasteiger partial charge in [-0.05, 0) is 18.6 Å². The fraction of sp³-hybridized carbons (Fsp3) is 0.400. The van der Waals surface area contributed by atoms with Crippen molar-refractivity contribution in [1.82, 2.24) is 14.9 Å². The van der Waals surface area contributed by atoms with Crippen LogP contribution in [0.5, 0.6) is 0 Å². The highest BCUT2D eigenvalue weighted by molar-refractivity contribution is 7.16. The van der Waals surface area contributed by atoms with Gasteiger partial charge in [-0.2, -0.15) is 0 Å². The van der Waals surface area contributed by atoms with E-state index >= 15 is 0 Å². The topological polar surface area (TPSA) is 49.3 Å². The molecule has 5 nitrogen and oxygen atoms in total. The van der Waals surface area contributed by atoms with E-state index in [2.05, 4.69) is 14.9 Å². The van der Waals surface area contributed by atoms with Crippen LogP contribution in [0.2, 0.25) is 4.34 Å². The number of thiophene rings is 1. The lowest BCUT2D eigenvalue weighted by molar-refractivity contribution is -0.131. The number of rotatable bonds is 4. The number of hydrogen-bond acceptors (Lipinski definition) is 5. The number of aromatic nitrogens is 2. The van der Waals surface area contributed by atoms with Gasteiger partial charge >= 0.3 is 0 Å². The average Bonchev–Trinajstić information content (AvgIpc) is 2.99. The first kappa shape index (κ1) is 15.2. The van der Waals surface area contributed by atoms with Gasteiger partial charge in [-0.25, -0.2) is 4.98 Å². The number of aryl methyl sites for hydroxylation is 1. The number of anilines is 1. The molecule has 0 bridgehead atoms. The van der Waals surface area contributed by atoms with Crippen molar-refractivity contribution in [3.8, 4) is 0 Å². The molecular weight excluding hydrogens is 320 g/mol. The standard InChI is InChI=1S/C15H17ClN4OS/c16-13-3-1-12(22-13)2-4-15(21)20-9-7-19(8-10-20)14-11-17-5-6-18-14/h1,3,5-6,11H,2,4,7-10H2. The maximum atomic E-state index is 12.3. The Hall–Kier alpha value is -1.66. The molecule has 3 heterocycles. The summed E-state index contributed by atoms with van der Waals surface area (Å²) in [4.78, 5) is 25.9. The summed E-state index contributed by atoms with van der Waals surface area (Å²) in [6.07, 6.45) is 6.43. The van der Waals surface area contributed by atoms with Crippen molar-refractivity contribution in [2.75, 3.05) is 31.1 Å². The Morgan fingerprint density at radius 1 is 1.23 bits per heavy atom. The second kappa shape index (κ2) is 7.07. The Labute approximate surface area is 138 Å². The number of nitrogens with zero attached hydrogens (tertiary/aromatic N) is 4. The first-order chi connectivity index (χ1) is 10.7. The van der Waals surface area contributed by atoms with Gasteiger partial charge in [-0.1, -0.05) is 11.6 Å². The third kappa shape index (κ3) is 3.75. The highest BCUT2D eigenvalue weighted by atomic mass is 35.5. The van der Waals surface area contributed by atoms with Gasteiger partial charge in [0.1, 0.15) is 5.82 Å². The Kier molecular flexibility index (Phi) is 4.90. The van der Waals surface area contributed by atoms with E-state index in [-0.39, 0.29) is 5.91 Å². The predicted octanol–water partition coefficient (Wildman–Crippen LogP) is 2.47. The van der Waals surface area contributed by atoms with Crippen LogP contribution in [0.25, 0.3) is 0 Å². The van der Waals surface area contributed by atoms with Gasteiger partial charge in [-0.15, -0.1) is 11.3 Å². The average molecular weight is 337 g/mol. The Morgan fingerprint density at radius 3 is 2.68 bits per heavy atom. The number of carbonyl (C=O) groups excluding carboxylic acids is 1. The van der Waals surface area contributed by atoms with Crippen LogP contribution in [0.15, 0.2) is 30.7 Å². The number of hydrogen-bond donors (Lipinski definition) is 0. The molecule has 1 amide bonds. The molecular formula is C15H17ClN4OS. The second-order valence-electron chi connectivity index (χ2n) is 5.14. The van der Waals surface area contributed by atoms with Crippen molar-refractivity contribution in [2.24, 2.45) is 0 Å². The lowest BCUT2D eigenvalue weighted by Crippen LogP contribution is -2.49. The molecule has 1 aliphatic rings. The summed E-state index contributed by atoms with van der Waals surface area (Å²) >= 11 is 7.45. The number of halogens is 1. The van der Waals surface area contributed by atoms with Gasteiger partial charge in [0.2, 0.25) is 5.91 Å². The largest absolute Gasteiger partial charge is 0.352 e. The van der Waals surface area contributed by atoms with Gasteiger partial charge in [0.25, 0.3) is 0 Å². The number of piperazine rings is 1. The first-order valence-corrected chi connectivity index (χ1v) is 8.45. The minimum absolute atomic E-state index is 0.211. The van der Waals surface area contributed by atoms with E-state index in [1.165, 1.54) is 0 Å². The molecule has 1 saturated heterocycles. The molecule has 0 unspecified atom stereocenters. The molecule has 1 aliphatic heterocycles. The molecule has 116 valence electrons. The van der Waals surface area contributed by atoms with Crippen molar-refractivity contribution in [2.45, 2.75) is 12.8 Å². The SMILES string of the molecule is O=C(CCc1ccc(Cl)s1)N1CCN(c2cnccn2)CC1. The van der Waals surface area contributed by atoms with E-state index in [9.17, 15) is 4.79 Å². The third-order valence-corrected chi connectivity index (χ3v) is 5.01. The monoisotopic (exact) mass is 336 g/mol. The number of carbonyl (C=O) groups is 1. The zero-order valence-corrected chi connectivity index (χ0v) is 13.7. The molecule has 7 heteroatoms. The molecule has 0 N–H and O–H groups in total. The fourth-order valence-electron chi connectivity index (χ4n) is 2.51. The van der Waals surface area contributed by atoms with Gasteiger partial charge in [-0.3, -0.25) is 9.78 Å². The summed E-state index contributed by atoms with van der Waals surface area (Å²) in [6, 6.07) is 3.87. The molecule has 0 radical (unpaired) electrons. The highest BCUT2D eigenvalue weighted by Gasteiger charge is 2.21. The smallest absolute Gasteiger partial charge is 0.223 e. The molecule has 0 saturated carbocycles. The van der Waals surface area contributed by atoms with Gasteiger partial charge in [0.15, 0.2) is 0 Å². The van der Waals surface area contributed by atoms with Crippen molar-refractivity contribution in [3.63, 3.8) is 0 Å². The van der Waals surface area contributed by atoms with Crippen molar-refractivity contribution >= 4 is 34.7 Å². The number of amides is 1. The molecule has 2 aromatic rings. The van der Waals surface area contributed by atoms with E-state index < -0.39 is 0 Å². The first-order valence-electron chi connectivity index (χ1n) is 7.25. The van der Waals surface area contributed by atoms with Crippen LogP contribution in [0, 0.1) is 0 Å². The fourth-order valence-corrected chi connectivity index (χ4v) is 3.60. The predicted molar refractivity (Wildman–Crippen MR) is 88.5 cm³/mol. The van der Waals surface area contributed by atoms with Crippen LogP contribution in [0.3, 0.4) is 0 Å². The molecule has 3 rings (SSSR count). The van der Waals surface area contributed by atoms with Crippen molar-refractivity contribution in [1.29, 1.82) is 0 Å². The lowest BCUT2D eigenvalue weighted by Gasteiger charge is -2.35. The summed E-state index contributed by atoms with van der Waals surface area (Å²) in [7, 11) is 0. The van der Waals surface area contributed by atoms with Gasteiger partial charge in [0, 0.05) is 49.9 Å². The van der Waals surface area contributed by atoms with Crippen LogP contribution in [-0.4, -0.2) is 47.0 Å². The summed E-state index contributed by atoms with van der Waals surface area (Å²) in [6.45, 7) is 3.08. The molecule has 2 aromatic heterocycles. The summed E-state index contributed by atoms with van der Waals surface area (Å²) in [5, 5.41) is 0. The maximum absolute atomic E-state index is 12.3. The lowest BCUT2D eigenvalue weighted by atomic mass is 10.2. The van der Waals surface area contributed by atoms with Crippen LogP contribution in [0.4, 0.5) is 5.82 Å². The van der Waals surface area contributed by atoms with Crippen LogP contribution < -0.4 is 4.90 Å². The minimum atomic E-state index is 0.211. The third-order valence-electron chi connectivity index (χ3n) is 3.72. The van der Waals surface area contributed by atoms with Gasteiger partial charge in [0.05, 0.1) is 10.5 Å². The summed E-state index contributed by atoms with van der Waals surface area (Å²) in [5.41, 5.74) is 0. The van der Waals surface area contributed by atoms with E-state index in [0.717, 1.165) is 47.6 Å². The molecule has 0 spiro atoms. The molecule has 1 fully saturated rings. The summed E-state index contributed by atoms with van der Waals surface area (Å²) < 4.78 is 0.778. The van der Waals surface area contributed by atoms with E-state index in [0.29, 0.717) is 6.42 Å². The Balaban J connectivity index is 1.47. The van der Waals surface area contributed by atoms with Crippen molar-refractivity contribution < 1.29 is 4.79 Å². The van der Waals surface area contributed by atoms with E-state index in [1.807, 2.05) is 17.0 Å². The molecule has 0 atom stereocenters. The molecule has 22 heavy (non-hydrogen) atoms.